The summed E-state index contributed by atoms with van der Waals surface area (Å²) in [6.45, 7) is 2.53. The van der Waals surface area contributed by atoms with Gasteiger partial charge in [-0.05, 0) is 36.8 Å². The molecule has 1 atom stereocenters. The van der Waals surface area contributed by atoms with E-state index < -0.39 is 6.10 Å². The van der Waals surface area contributed by atoms with E-state index in [-0.39, 0.29) is 6.61 Å². The van der Waals surface area contributed by atoms with E-state index in [1.807, 2.05) is 31.2 Å². The second-order valence-corrected chi connectivity index (χ2v) is 5.64. The van der Waals surface area contributed by atoms with Crippen LogP contribution in [0.1, 0.15) is 5.56 Å². The van der Waals surface area contributed by atoms with E-state index in [4.69, 9.17) is 27.9 Å². The second-order valence-electron chi connectivity index (χ2n) is 4.77. The van der Waals surface area contributed by atoms with Gasteiger partial charge in [0.2, 0.25) is 0 Å². The fourth-order valence-electron chi connectivity index (χ4n) is 1.85. The van der Waals surface area contributed by atoms with Crippen molar-refractivity contribution in [2.75, 3.05) is 18.5 Å². The third-order valence-electron chi connectivity index (χ3n) is 2.93. The van der Waals surface area contributed by atoms with Gasteiger partial charge in [0.15, 0.2) is 0 Å². The highest BCUT2D eigenvalue weighted by Crippen LogP contribution is 2.22. The molecule has 2 aromatic carbocycles. The molecule has 2 rings (SSSR count). The number of anilines is 1. The molecule has 0 saturated carbocycles. The summed E-state index contributed by atoms with van der Waals surface area (Å²) < 4.78 is 5.59. The Balaban J connectivity index is 1.82. The summed E-state index contributed by atoms with van der Waals surface area (Å²) >= 11 is 11.8. The van der Waals surface area contributed by atoms with Crippen molar-refractivity contribution < 1.29 is 9.84 Å². The summed E-state index contributed by atoms with van der Waals surface area (Å²) in [6, 6.07) is 12.9. The van der Waals surface area contributed by atoms with Crippen molar-refractivity contribution in [1.29, 1.82) is 0 Å². The van der Waals surface area contributed by atoms with Crippen molar-refractivity contribution in [3.05, 3.63) is 58.1 Å². The van der Waals surface area contributed by atoms with Crippen LogP contribution in [-0.4, -0.2) is 24.4 Å². The number of aliphatic hydroxyl groups is 1. The first-order valence-corrected chi connectivity index (χ1v) is 7.36. The van der Waals surface area contributed by atoms with Gasteiger partial charge in [0.05, 0.1) is 0 Å². The van der Waals surface area contributed by atoms with Crippen LogP contribution in [0.3, 0.4) is 0 Å². The zero-order chi connectivity index (χ0) is 15.2. The van der Waals surface area contributed by atoms with Crippen molar-refractivity contribution in [3.63, 3.8) is 0 Å². The molecule has 0 radical (unpaired) electrons. The van der Waals surface area contributed by atoms with Crippen LogP contribution in [-0.2, 0) is 0 Å². The van der Waals surface area contributed by atoms with E-state index in [1.165, 1.54) is 0 Å². The van der Waals surface area contributed by atoms with E-state index in [0.717, 1.165) is 17.0 Å². The molecule has 0 amide bonds. The fraction of sp³-hybridized carbons (Fsp3) is 0.250. The number of aryl methyl sites for hydroxylation is 1. The monoisotopic (exact) mass is 325 g/mol. The molecule has 0 saturated heterocycles. The molecule has 0 spiro atoms. The van der Waals surface area contributed by atoms with Gasteiger partial charge < -0.3 is 15.2 Å². The molecule has 0 bridgehead atoms. The SMILES string of the molecule is Cc1ccccc1OCC(O)CNc1cc(Cl)cc(Cl)c1. The lowest BCUT2D eigenvalue weighted by Crippen LogP contribution is -2.26. The summed E-state index contributed by atoms with van der Waals surface area (Å²) in [5.41, 5.74) is 1.81. The number of halogens is 2. The highest BCUT2D eigenvalue weighted by molar-refractivity contribution is 6.35. The molecule has 0 fully saturated rings. The lowest BCUT2D eigenvalue weighted by Gasteiger charge is -2.15. The summed E-state index contributed by atoms with van der Waals surface area (Å²) in [4.78, 5) is 0. The number of hydrogen-bond donors (Lipinski definition) is 2. The van der Waals surface area contributed by atoms with Crippen molar-refractivity contribution in [2.24, 2.45) is 0 Å². The summed E-state index contributed by atoms with van der Waals surface area (Å²) in [5.74, 6) is 0.780. The zero-order valence-corrected chi connectivity index (χ0v) is 13.2. The maximum absolute atomic E-state index is 9.95. The Morgan fingerprint density at radius 1 is 1.14 bits per heavy atom. The highest BCUT2D eigenvalue weighted by Gasteiger charge is 2.07. The Bertz CT molecular complexity index is 584. The normalized spacial score (nSPS) is 12.0. The molecule has 3 nitrogen and oxygen atoms in total. The van der Waals surface area contributed by atoms with Gasteiger partial charge in [-0.2, -0.15) is 0 Å². The maximum atomic E-state index is 9.95. The average Bonchev–Trinajstić information content (AvgIpc) is 2.43. The molecule has 0 aliphatic heterocycles. The second kappa shape index (κ2) is 7.55. The highest BCUT2D eigenvalue weighted by atomic mass is 35.5. The largest absolute Gasteiger partial charge is 0.491 e. The topological polar surface area (TPSA) is 41.5 Å². The Hall–Kier alpha value is -1.42. The van der Waals surface area contributed by atoms with Gasteiger partial charge in [-0.15, -0.1) is 0 Å². The smallest absolute Gasteiger partial charge is 0.122 e. The van der Waals surface area contributed by atoms with E-state index in [2.05, 4.69) is 5.32 Å². The van der Waals surface area contributed by atoms with E-state index in [1.54, 1.807) is 18.2 Å². The van der Waals surface area contributed by atoms with Gasteiger partial charge in [0, 0.05) is 22.3 Å². The van der Waals surface area contributed by atoms with Gasteiger partial charge in [-0.3, -0.25) is 0 Å². The summed E-state index contributed by atoms with van der Waals surface area (Å²) in [7, 11) is 0. The van der Waals surface area contributed by atoms with Crippen LogP contribution in [0, 0.1) is 6.92 Å². The summed E-state index contributed by atoms with van der Waals surface area (Å²) in [5, 5.41) is 14.1. The Labute approximate surface area is 134 Å². The first kappa shape index (κ1) is 16.0. The van der Waals surface area contributed by atoms with Crippen LogP contribution in [0.15, 0.2) is 42.5 Å². The number of para-hydroxylation sites is 1. The minimum absolute atomic E-state index is 0.214. The van der Waals surface area contributed by atoms with Gasteiger partial charge in [0.25, 0.3) is 0 Å². The minimum Gasteiger partial charge on any atom is -0.491 e. The molecule has 21 heavy (non-hydrogen) atoms. The van der Waals surface area contributed by atoms with Crippen molar-refractivity contribution in [1.82, 2.24) is 0 Å². The maximum Gasteiger partial charge on any atom is 0.122 e. The Morgan fingerprint density at radius 3 is 2.48 bits per heavy atom. The predicted molar refractivity (Wildman–Crippen MR) is 87.6 cm³/mol. The van der Waals surface area contributed by atoms with Gasteiger partial charge in [0.1, 0.15) is 18.5 Å². The molecule has 2 aromatic rings. The van der Waals surface area contributed by atoms with Gasteiger partial charge >= 0.3 is 0 Å². The summed E-state index contributed by atoms with van der Waals surface area (Å²) in [6.07, 6.45) is -0.637. The molecule has 2 N–H and O–H groups in total. The molecule has 0 aliphatic carbocycles. The van der Waals surface area contributed by atoms with Crippen LogP contribution in [0.4, 0.5) is 5.69 Å². The van der Waals surface area contributed by atoms with Gasteiger partial charge in [-0.1, -0.05) is 41.4 Å². The Morgan fingerprint density at radius 2 is 1.81 bits per heavy atom. The zero-order valence-electron chi connectivity index (χ0n) is 11.6. The number of ether oxygens (including phenoxy) is 1. The van der Waals surface area contributed by atoms with Crippen LogP contribution >= 0.6 is 23.2 Å². The number of benzene rings is 2. The van der Waals surface area contributed by atoms with Crippen molar-refractivity contribution in [3.8, 4) is 5.75 Å². The van der Waals surface area contributed by atoms with Crippen LogP contribution in [0.2, 0.25) is 10.0 Å². The minimum atomic E-state index is -0.637. The van der Waals surface area contributed by atoms with Crippen molar-refractivity contribution in [2.45, 2.75) is 13.0 Å². The van der Waals surface area contributed by atoms with Crippen molar-refractivity contribution >= 4 is 28.9 Å². The number of nitrogens with one attached hydrogen (secondary N) is 1. The van der Waals surface area contributed by atoms with E-state index in [9.17, 15) is 5.11 Å². The molecular weight excluding hydrogens is 309 g/mol. The molecule has 1 unspecified atom stereocenters. The first-order valence-electron chi connectivity index (χ1n) is 6.61. The molecule has 5 heteroatoms. The Kier molecular flexibility index (Phi) is 5.74. The van der Waals surface area contributed by atoms with Gasteiger partial charge in [-0.25, -0.2) is 0 Å². The molecular formula is C16H17Cl2NO2. The fourth-order valence-corrected chi connectivity index (χ4v) is 2.38. The molecule has 112 valence electrons. The predicted octanol–water partition coefficient (Wildman–Crippen LogP) is 4.15. The third-order valence-corrected chi connectivity index (χ3v) is 3.37. The molecule has 0 heterocycles. The standard InChI is InChI=1S/C16H17Cl2NO2/c1-11-4-2-3-5-16(11)21-10-15(20)9-19-14-7-12(17)6-13(18)8-14/h2-8,15,19-20H,9-10H2,1H3. The van der Waals surface area contributed by atoms with Crippen LogP contribution in [0.5, 0.6) is 5.75 Å². The quantitative estimate of drug-likeness (QED) is 0.838. The lowest BCUT2D eigenvalue weighted by molar-refractivity contribution is 0.117. The number of hydrogen-bond acceptors (Lipinski definition) is 3. The van der Waals surface area contributed by atoms with Crippen LogP contribution in [0.25, 0.3) is 0 Å². The van der Waals surface area contributed by atoms with E-state index in [0.29, 0.717) is 16.6 Å². The third kappa shape index (κ3) is 5.12. The molecule has 0 aliphatic rings. The van der Waals surface area contributed by atoms with E-state index >= 15 is 0 Å². The average molecular weight is 326 g/mol. The lowest BCUT2D eigenvalue weighted by atomic mass is 10.2. The van der Waals surface area contributed by atoms with Crippen LogP contribution < -0.4 is 10.1 Å². The number of aliphatic hydroxyl groups excluding tert-OH is 1. The first-order chi connectivity index (χ1) is 10.0. The molecule has 0 aromatic heterocycles. The number of rotatable bonds is 6.